The largest absolute Gasteiger partial charge is 0.497 e. The SMILES string of the molecule is CC[C@@H](CNS(=O)(=O)c1ccc(OC)cc1)N1C(=O)[C@](C)(CC(=O)O)C[C@H](c2cccc(Cl)c2)[C@H]1c1ccc(Cl)cc1. The Hall–Kier alpha value is -3.11. The lowest BCUT2D eigenvalue weighted by Gasteiger charge is -2.52. The Morgan fingerprint density at radius 1 is 1.07 bits per heavy atom. The molecule has 1 saturated heterocycles. The highest BCUT2D eigenvalue weighted by atomic mass is 35.5. The van der Waals surface area contributed by atoms with Gasteiger partial charge in [0.2, 0.25) is 15.9 Å². The van der Waals surface area contributed by atoms with Gasteiger partial charge in [-0.15, -0.1) is 0 Å². The number of carboxylic acid groups (broad SMARTS) is 1. The van der Waals surface area contributed by atoms with Crippen molar-refractivity contribution in [3.05, 3.63) is 94.0 Å². The van der Waals surface area contributed by atoms with E-state index < -0.39 is 33.5 Å². The van der Waals surface area contributed by atoms with Gasteiger partial charge in [0, 0.05) is 28.5 Å². The predicted octanol–water partition coefficient (Wildman–Crippen LogP) is 6.30. The number of hydrogen-bond acceptors (Lipinski definition) is 5. The van der Waals surface area contributed by atoms with Crippen LogP contribution < -0.4 is 9.46 Å². The second-order valence-electron chi connectivity index (χ2n) is 10.8. The number of ether oxygens (including phenoxy) is 1. The van der Waals surface area contributed by atoms with Gasteiger partial charge in [-0.25, -0.2) is 13.1 Å². The molecule has 8 nitrogen and oxygen atoms in total. The van der Waals surface area contributed by atoms with E-state index in [1.165, 1.54) is 19.2 Å². The van der Waals surface area contributed by atoms with Crippen molar-refractivity contribution >= 4 is 45.1 Å². The molecule has 0 bridgehead atoms. The van der Waals surface area contributed by atoms with Gasteiger partial charge in [-0.2, -0.15) is 0 Å². The van der Waals surface area contributed by atoms with Gasteiger partial charge < -0.3 is 14.7 Å². The first-order valence-corrected chi connectivity index (χ1v) is 15.8. The molecule has 4 atom stereocenters. The number of piperidine rings is 1. The number of nitrogens with zero attached hydrogens (tertiary/aromatic N) is 1. The van der Waals surface area contributed by atoms with Crippen LogP contribution in [-0.2, 0) is 19.6 Å². The standard InChI is InChI=1S/C31H34Cl2N2O6S/c1-4-24(19-34-42(39,40)26-14-12-25(41-3)13-15-26)35-29(20-8-10-22(32)11-9-20)27(21-6-5-7-23(33)16-21)17-31(2,30(35)38)18-28(36)37/h5-16,24,27,29,34H,4,17-19H2,1-3H3,(H,36,37)/t24-,27+,29+,31-/m0/s1. The van der Waals surface area contributed by atoms with E-state index in [1.54, 1.807) is 42.2 Å². The van der Waals surface area contributed by atoms with Crippen LogP contribution in [0.5, 0.6) is 5.75 Å². The number of rotatable bonds is 11. The number of nitrogens with one attached hydrogen (secondary N) is 1. The van der Waals surface area contributed by atoms with Crippen LogP contribution in [0.25, 0.3) is 0 Å². The minimum Gasteiger partial charge on any atom is -0.497 e. The predicted molar refractivity (Wildman–Crippen MR) is 162 cm³/mol. The van der Waals surface area contributed by atoms with E-state index in [0.29, 0.717) is 22.2 Å². The maximum absolute atomic E-state index is 14.4. The zero-order valence-electron chi connectivity index (χ0n) is 23.6. The Morgan fingerprint density at radius 3 is 2.31 bits per heavy atom. The van der Waals surface area contributed by atoms with Crippen molar-refractivity contribution in [2.75, 3.05) is 13.7 Å². The third-order valence-corrected chi connectivity index (χ3v) is 9.80. The Kier molecular flexibility index (Phi) is 9.88. The number of hydrogen-bond donors (Lipinski definition) is 2. The number of halogens is 2. The fraction of sp³-hybridized carbons (Fsp3) is 0.355. The van der Waals surface area contributed by atoms with E-state index in [1.807, 2.05) is 37.3 Å². The minimum atomic E-state index is -3.93. The summed E-state index contributed by atoms with van der Waals surface area (Å²) in [7, 11) is -2.43. The maximum Gasteiger partial charge on any atom is 0.304 e. The molecule has 1 aliphatic heterocycles. The highest BCUT2D eigenvalue weighted by Crippen LogP contribution is 2.52. The summed E-state index contributed by atoms with van der Waals surface area (Å²) in [5, 5.41) is 10.9. The summed E-state index contributed by atoms with van der Waals surface area (Å²) >= 11 is 12.6. The van der Waals surface area contributed by atoms with E-state index >= 15 is 0 Å². The van der Waals surface area contributed by atoms with Gasteiger partial charge >= 0.3 is 5.97 Å². The van der Waals surface area contributed by atoms with Crippen LogP contribution in [0.15, 0.2) is 77.7 Å². The average Bonchev–Trinajstić information content (AvgIpc) is 2.95. The first-order valence-electron chi connectivity index (χ1n) is 13.6. The zero-order valence-corrected chi connectivity index (χ0v) is 25.9. The summed E-state index contributed by atoms with van der Waals surface area (Å²) in [6, 6.07) is 19.4. The average molecular weight is 634 g/mol. The van der Waals surface area contributed by atoms with Gasteiger partial charge in [0.05, 0.1) is 29.9 Å². The Morgan fingerprint density at radius 2 is 1.74 bits per heavy atom. The van der Waals surface area contributed by atoms with Crippen LogP contribution in [0.4, 0.5) is 0 Å². The van der Waals surface area contributed by atoms with Crippen LogP contribution in [0, 0.1) is 5.41 Å². The first-order chi connectivity index (χ1) is 19.9. The van der Waals surface area contributed by atoms with E-state index in [9.17, 15) is 23.1 Å². The number of aliphatic carboxylic acids is 1. The van der Waals surface area contributed by atoms with Gasteiger partial charge in [0.25, 0.3) is 0 Å². The van der Waals surface area contributed by atoms with Crippen LogP contribution in [0.1, 0.15) is 56.2 Å². The molecule has 0 saturated carbocycles. The highest BCUT2D eigenvalue weighted by molar-refractivity contribution is 7.89. The molecule has 3 aromatic carbocycles. The molecular weight excluding hydrogens is 599 g/mol. The Bertz CT molecular complexity index is 1530. The molecule has 42 heavy (non-hydrogen) atoms. The molecule has 1 amide bonds. The molecular formula is C31H34Cl2N2O6S. The molecule has 224 valence electrons. The number of likely N-dealkylation sites (tertiary alicyclic amines) is 1. The fourth-order valence-corrected chi connectivity index (χ4v) is 7.16. The van der Waals surface area contributed by atoms with Crippen molar-refractivity contribution in [3.8, 4) is 5.75 Å². The van der Waals surface area contributed by atoms with Gasteiger partial charge in [0.1, 0.15) is 5.75 Å². The highest BCUT2D eigenvalue weighted by Gasteiger charge is 2.52. The van der Waals surface area contributed by atoms with Crippen molar-refractivity contribution in [2.45, 2.75) is 56.0 Å². The number of carbonyl (C=O) groups is 2. The molecule has 0 aromatic heterocycles. The molecule has 0 spiro atoms. The summed E-state index contributed by atoms with van der Waals surface area (Å²) in [5.41, 5.74) is 0.404. The maximum atomic E-state index is 14.4. The molecule has 0 unspecified atom stereocenters. The number of carboxylic acids is 1. The molecule has 1 heterocycles. The summed E-state index contributed by atoms with van der Waals surface area (Å²) in [6.45, 7) is 3.46. The van der Waals surface area contributed by atoms with E-state index in [4.69, 9.17) is 27.9 Å². The zero-order chi connectivity index (χ0) is 30.7. The van der Waals surface area contributed by atoms with E-state index in [2.05, 4.69) is 4.72 Å². The lowest BCUT2D eigenvalue weighted by atomic mass is 9.67. The van der Waals surface area contributed by atoms with Crippen molar-refractivity contribution in [1.82, 2.24) is 9.62 Å². The Labute approximate surface area is 256 Å². The van der Waals surface area contributed by atoms with Gasteiger partial charge in [0.15, 0.2) is 0 Å². The van der Waals surface area contributed by atoms with Crippen LogP contribution in [0.2, 0.25) is 10.0 Å². The van der Waals surface area contributed by atoms with Gasteiger partial charge in [-0.05, 0) is 72.5 Å². The molecule has 1 aliphatic rings. The normalized spacial score (nSPS) is 21.6. The van der Waals surface area contributed by atoms with Crippen molar-refractivity contribution in [3.63, 3.8) is 0 Å². The molecule has 4 rings (SSSR count). The van der Waals surface area contributed by atoms with Crippen LogP contribution >= 0.6 is 23.2 Å². The number of amides is 1. The molecule has 1 fully saturated rings. The van der Waals surface area contributed by atoms with E-state index in [0.717, 1.165) is 11.1 Å². The van der Waals surface area contributed by atoms with Gasteiger partial charge in [-0.3, -0.25) is 9.59 Å². The van der Waals surface area contributed by atoms with Crippen molar-refractivity contribution < 1.29 is 27.9 Å². The second kappa shape index (κ2) is 13.0. The van der Waals surface area contributed by atoms with Crippen LogP contribution in [0.3, 0.4) is 0 Å². The van der Waals surface area contributed by atoms with Crippen LogP contribution in [-0.4, -0.2) is 50.0 Å². The minimum absolute atomic E-state index is 0.0601. The monoisotopic (exact) mass is 632 g/mol. The lowest BCUT2D eigenvalue weighted by Crippen LogP contribution is -2.58. The van der Waals surface area contributed by atoms with Crippen molar-refractivity contribution in [2.24, 2.45) is 5.41 Å². The summed E-state index contributed by atoms with van der Waals surface area (Å²) in [5.74, 6) is -1.25. The Balaban J connectivity index is 1.80. The molecule has 11 heteroatoms. The molecule has 0 aliphatic carbocycles. The molecule has 0 radical (unpaired) electrons. The van der Waals surface area contributed by atoms with Gasteiger partial charge in [-0.1, -0.05) is 61.3 Å². The van der Waals surface area contributed by atoms with E-state index in [-0.39, 0.29) is 36.1 Å². The fourth-order valence-electron chi connectivity index (χ4n) is 5.76. The number of carbonyl (C=O) groups excluding carboxylic acids is 1. The lowest BCUT2D eigenvalue weighted by molar-refractivity contribution is -0.160. The summed E-state index contributed by atoms with van der Waals surface area (Å²) in [6.07, 6.45) is 0.295. The third kappa shape index (κ3) is 6.92. The second-order valence-corrected chi connectivity index (χ2v) is 13.4. The number of benzene rings is 3. The summed E-state index contributed by atoms with van der Waals surface area (Å²) in [4.78, 5) is 28.1. The third-order valence-electron chi connectivity index (χ3n) is 7.88. The topological polar surface area (TPSA) is 113 Å². The van der Waals surface area contributed by atoms with Crippen molar-refractivity contribution in [1.29, 1.82) is 0 Å². The summed E-state index contributed by atoms with van der Waals surface area (Å²) < 4.78 is 34.3. The smallest absolute Gasteiger partial charge is 0.304 e. The number of methoxy groups -OCH3 is 1. The molecule has 2 N–H and O–H groups in total. The quantitative estimate of drug-likeness (QED) is 0.257. The molecule has 3 aromatic rings. The number of sulfonamides is 1. The first kappa shape index (κ1) is 31.8.